The lowest BCUT2D eigenvalue weighted by Gasteiger charge is -2.12. The maximum Gasteiger partial charge on any atom is 0.232 e. The first-order valence-electron chi connectivity index (χ1n) is 5.81. The molecular formula is C12H16BrClO4S. The van der Waals surface area contributed by atoms with E-state index in [9.17, 15) is 8.42 Å². The Morgan fingerprint density at radius 1 is 1.26 bits per heavy atom. The highest BCUT2D eigenvalue weighted by Gasteiger charge is 2.08. The summed E-state index contributed by atoms with van der Waals surface area (Å²) in [6, 6.07) is 5.55. The van der Waals surface area contributed by atoms with Crippen molar-refractivity contribution < 1.29 is 17.9 Å². The summed E-state index contributed by atoms with van der Waals surface area (Å²) in [6.07, 6.45) is 2.05. The Labute approximate surface area is 126 Å². The predicted molar refractivity (Wildman–Crippen MR) is 79.7 cm³/mol. The number of benzene rings is 1. The van der Waals surface area contributed by atoms with Crippen LogP contribution in [-0.2, 0) is 9.05 Å². The number of rotatable bonds is 8. The monoisotopic (exact) mass is 370 g/mol. The molecular weight excluding hydrogens is 356 g/mol. The quantitative estimate of drug-likeness (QED) is 0.518. The summed E-state index contributed by atoms with van der Waals surface area (Å²) in [6.45, 7) is 0.501. The molecule has 7 heteroatoms. The highest BCUT2D eigenvalue weighted by molar-refractivity contribution is 9.10. The number of ether oxygens (including phenoxy) is 2. The van der Waals surface area contributed by atoms with E-state index in [1.165, 1.54) is 0 Å². The van der Waals surface area contributed by atoms with Gasteiger partial charge >= 0.3 is 0 Å². The van der Waals surface area contributed by atoms with Crippen LogP contribution in [-0.4, -0.2) is 27.9 Å². The van der Waals surface area contributed by atoms with E-state index in [0.717, 1.165) is 17.3 Å². The van der Waals surface area contributed by atoms with E-state index in [1.807, 2.05) is 18.2 Å². The number of hydrogen-bond acceptors (Lipinski definition) is 4. The van der Waals surface area contributed by atoms with Gasteiger partial charge < -0.3 is 9.47 Å². The number of halogens is 2. The van der Waals surface area contributed by atoms with Gasteiger partial charge in [0.2, 0.25) is 9.05 Å². The molecule has 0 aliphatic carbocycles. The molecule has 1 aromatic rings. The molecule has 0 atom stereocenters. The van der Waals surface area contributed by atoms with Crippen LogP contribution in [0.25, 0.3) is 0 Å². The van der Waals surface area contributed by atoms with Gasteiger partial charge in [-0.15, -0.1) is 0 Å². The smallest absolute Gasteiger partial charge is 0.232 e. The van der Waals surface area contributed by atoms with Gasteiger partial charge in [0.25, 0.3) is 0 Å². The third-order valence-corrected chi connectivity index (χ3v) is 4.29. The van der Waals surface area contributed by atoms with E-state index >= 15 is 0 Å². The number of unbranched alkanes of at least 4 members (excludes halogenated alkanes) is 2. The predicted octanol–water partition coefficient (Wildman–Crippen LogP) is 3.58. The lowest BCUT2D eigenvalue weighted by molar-refractivity contribution is 0.284. The van der Waals surface area contributed by atoms with E-state index in [1.54, 1.807) is 7.11 Å². The Morgan fingerprint density at radius 3 is 2.63 bits per heavy atom. The van der Waals surface area contributed by atoms with Crippen LogP contribution in [0.4, 0.5) is 0 Å². The largest absolute Gasteiger partial charge is 0.493 e. The molecule has 0 unspecified atom stereocenters. The maximum atomic E-state index is 10.7. The van der Waals surface area contributed by atoms with Crippen molar-refractivity contribution in [3.8, 4) is 11.5 Å². The molecule has 0 bridgehead atoms. The lowest BCUT2D eigenvalue weighted by atomic mass is 10.2. The summed E-state index contributed by atoms with van der Waals surface area (Å²) in [5.41, 5.74) is 0. The Balaban J connectivity index is 2.34. The fourth-order valence-electron chi connectivity index (χ4n) is 1.52. The van der Waals surface area contributed by atoms with Gasteiger partial charge in [-0.3, -0.25) is 0 Å². The zero-order chi connectivity index (χ0) is 14.3. The first kappa shape index (κ1) is 16.6. The van der Waals surface area contributed by atoms with Crippen LogP contribution < -0.4 is 9.47 Å². The summed E-state index contributed by atoms with van der Waals surface area (Å²) in [4.78, 5) is 0. The van der Waals surface area contributed by atoms with Gasteiger partial charge in [-0.1, -0.05) is 6.07 Å². The molecule has 0 spiro atoms. The van der Waals surface area contributed by atoms with Crippen LogP contribution in [0.15, 0.2) is 22.7 Å². The van der Waals surface area contributed by atoms with Crippen molar-refractivity contribution in [1.29, 1.82) is 0 Å². The van der Waals surface area contributed by atoms with Crippen molar-refractivity contribution in [2.24, 2.45) is 0 Å². The molecule has 0 N–H and O–H groups in total. The lowest BCUT2D eigenvalue weighted by Crippen LogP contribution is -2.02. The molecule has 0 saturated carbocycles. The van der Waals surface area contributed by atoms with E-state index in [2.05, 4.69) is 15.9 Å². The average Bonchev–Trinajstić information content (AvgIpc) is 2.33. The van der Waals surface area contributed by atoms with Gasteiger partial charge in [-0.25, -0.2) is 8.42 Å². The summed E-state index contributed by atoms with van der Waals surface area (Å²) in [5.74, 6) is 1.33. The molecule has 4 nitrogen and oxygen atoms in total. The van der Waals surface area contributed by atoms with E-state index < -0.39 is 9.05 Å². The Kier molecular flexibility index (Phi) is 6.96. The average molecular weight is 372 g/mol. The van der Waals surface area contributed by atoms with Crippen molar-refractivity contribution in [2.45, 2.75) is 19.3 Å². The second-order valence-electron chi connectivity index (χ2n) is 3.92. The highest BCUT2D eigenvalue weighted by atomic mass is 79.9. The van der Waals surface area contributed by atoms with Crippen LogP contribution in [0.2, 0.25) is 0 Å². The standard InChI is InChI=1S/C12H16BrClO4S/c1-17-11-7-5-6-10(13)12(11)18-8-3-2-4-9-19(14,15)16/h5-7H,2-4,8-9H2,1H3. The van der Waals surface area contributed by atoms with Gasteiger partial charge in [-0.2, -0.15) is 0 Å². The van der Waals surface area contributed by atoms with E-state index in [-0.39, 0.29) is 5.75 Å². The molecule has 1 aromatic carbocycles. The van der Waals surface area contributed by atoms with Crippen LogP contribution in [0.3, 0.4) is 0 Å². The van der Waals surface area contributed by atoms with Crippen molar-refractivity contribution in [1.82, 2.24) is 0 Å². The van der Waals surface area contributed by atoms with Crippen molar-refractivity contribution in [2.75, 3.05) is 19.5 Å². The van der Waals surface area contributed by atoms with Crippen molar-refractivity contribution >= 4 is 35.7 Å². The van der Waals surface area contributed by atoms with E-state index in [4.69, 9.17) is 20.2 Å². The van der Waals surface area contributed by atoms with Crippen LogP contribution >= 0.6 is 26.6 Å². The molecule has 1 rings (SSSR count). The van der Waals surface area contributed by atoms with Crippen LogP contribution in [0, 0.1) is 0 Å². The minimum atomic E-state index is -3.38. The third kappa shape index (κ3) is 6.49. The molecule has 0 radical (unpaired) electrons. The molecule has 108 valence electrons. The summed E-state index contributed by atoms with van der Waals surface area (Å²) in [7, 11) is 3.33. The van der Waals surface area contributed by atoms with Gasteiger partial charge in [0.15, 0.2) is 11.5 Å². The Bertz CT molecular complexity index is 504. The zero-order valence-electron chi connectivity index (χ0n) is 10.6. The minimum Gasteiger partial charge on any atom is -0.493 e. The SMILES string of the molecule is COc1cccc(Br)c1OCCCCCS(=O)(=O)Cl. The zero-order valence-corrected chi connectivity index (χ0v) is 13.7. The Morgan fingerprint density at radius 2 is 2.00 bits per heavy atom. The molecule has 0 aliphatic heterocycles. The second-order valence-corrected chi connectivity index (χ2v) is 7.67. The van der Waals surface area contributed by atoms with Crippen LogP contribution in [0.1, 0.15) is 19.3 Å². The topological polar surface area (TPSA) is 52.6 Å². The molecule has 0 aliphatic rings. The molecule has 0 amide bonds. The van der Waals surface area contributed by atoms with Crippen LogP contribution in [0.5, 0.6) is 11.5 Å². The second kappa shape index (κ2) is 7.97. The third-order valence-electron chi connectivity index (χ3n) is 2.43. The number of hydrogen-bond donors (Lipinski definition) is 0. The molecule has 0 fully saturated rings. The first-order chi connectivity index (χ1) is 8.94. The molecule has 0 aromatic heterocycles. The normalized spacial score (nSPS) is 11.3. The van der Waals surface area contributed by atoms with E-state index in [0.29, 0.717) is 24.5 Å². The summed E-state index contributed by atoms with van der Waals surface area (Å²) < 4.78 is 33.1. The van der Waals surface area contributed by atoms with Gasteiger partial charge in [0.05, 0.1) is 23.9 Å². The van der Waals surface area contributed by atoms with Gasteiger partial charge in [0.1, 0.15) is 0 Å². The number of methoxy groups -OCH3 is 1. The van der Waals surface area contributed by atoms with Crippen molar-refractivity contribution in [3.05, 3.63) is 22.7 Å². The minimum absolute atomic E-state index is 0.00685. The Hall–Kier alpha value is -0.460. The first-order valence-corrected chi connectivity index (χ1v) is 9.09. The fourth-order valence-corrected chi connectivity index (χ4v) is 2.86. The summed E-state index contributed by atoms with van der Waals surface area (Å²) in [5, 5.41) is 0. The maximum absolute atomic E-state index is 10.7. The fraction of sp³-hybridized carbons (Fsp3) is 0.500. The van der Waals surface area contributed by atoms with Crippen molar-refractivity contribution in [3.63, 3.8) is 0 Å². The van der Waals surface area contributed by atoms with Gasteiger partial charge in [-0.05, 0) is 47.3 Å². The molecule has 0 saturated heterocycles. The van der Waals surface area contributed by atoms with Gasteiger partial charge in [0, 0.05) is 10.7 Å². The highest BCUT2D eigenvalue weighted by Crippen LogP contribution is 2.34. The molecule has 0 heterocycles. The number of para-hydroxylation sites is 1. The molecule has 19 heavy (non-hydrogen) atoms. The summed E-state index contributed by atoms with van der Waals surface area (Å²) >= 11 is 3.40.